The molecule has 0 spiro atoms. The van der Waals surface area contributed by atoms with Gasteiger partial charge in [-0.2, -0.15) is 0 Å². The van der Waals surface area contributed by atoms with Crippen molar-refractivity contribution in [1.29, 1.82) is 0 Å². The zero-order valence-corrected chi connectivity index (χ0v) is 17.3. The van der Waals surface area contributed by atoms with E-state index in [1.807, 2.05) is 13.8 Å². The van der Waals surface area contributed by atoms with Crippen LogP contribution in [0.1, 0.15) is 28.1 Å². The highest BCUT2D eigenvalue weighted by atomic mass is 19.1. The fraction of sp³-hybridized carbons (Fsp3) is 0.217. The number of aryl methyl sites for hydroxylation is 3. The molecule has 0 saturated heterocycles. The summed E-state index contributed by atoms with van der Waals surface area (Å²) in [5.41, 5.74) is 3.32. The van der Waals surface area contributed by atoms with Gasteiger partial charge in [0.2, 0.25) is 5.91 Å². The lowest BCUT2D eigenvalue weighted by Gasteiger charge is -2.11. The van der Waals surface area contributed by atoms with Crippen LogP contribution in [0.4, 0.5) is 10.1 Å². The summed E-state index contributed by atoms with van der Waals surface area (Å²) >= 11 is 0. The first-order valence-electron chi connectivity index (χ1n) is 9.35. The van der Waals surface area contributed by atoms with E-state index in [2.05, 4.69) is 10.5 Å². The van der Waals surface area contributed by atoms with Crippen LogP contribution < -0.4 is 14.8 Å². The SMILES string of the molecule is COc1cc(/C=C/C(=O)Nc2ccc(C)cc2F)ccc1OCc1c(C)noc1C. The molecule has 0 atom stereocenters. The summed E-state index contributed by atoms with van der Waals surface area (Å²) in [4.78, 5) is 12.1. The number of rotatable bonds is 7. The molecule has 1 heterocycles. The fourth-order valence-electron chi connectivity index (χ4n) is 2.83. The lowest BCUT2D eigenvalue weighted by Crippen LogP contribution is -2.09. The standard InChI is InChI=1S/C23H23FN2O4/c1-14-5-8-20(19(24)11-14)25-23(27)10-7-17-6-9-21(22(12-17)28-4)29-13-18-15(2)26-30-16(18)3/h5-12H,13H2,1-4H3,(H,25,27)/b10-7+. The van der Waals surface area contributed by atoms with Gasteiger partial charge in [-0.1, -0.05) is 17.3 Å². The van der Waals surface area contributed by atoms with Crippen molar-refractivity contribution in [2.75, 3.05) is 12.4 Å². The number of nitrogens with one attached hydrogen (secondary N) is 1. The van der Waals surface area contributed by atoms with E-state index in [9.17, 15) is 9.18 Å². The molecule has 0 aliphatic heterocycles. The van der Waals surface area contributed by atoms with E-state index >= 15 is 0 Å². The van der Waals surface area contributed by atoms with Crippen molar-refractivity contribution < 1.29 is 23.2 Å². The summed E-state index contributed by atoms with van der Waals surface area (Å²) in [5, 5.41) is 6.43. The zero-order valence-electron chi connectivity index (χ0n) is 17.3. The summed E-state index contributed by atoms with van der Waals surface area (Å²) in [7, 11) is 1.54. The van der Waals surface area contributed by atoms with Crippen LogP contribution in [-0.2, 0) is 11.4 Å². The summed E-state index contributed by atoms with van der Waals surface area (Å²) in [6, 6.07) is 9.93. The number of carbonyl (C=O) groups excluding carboxylic acids is 1. The van der Waals surface area contributed by atoms with Crippen molar-refractivity contribution in [3.8, 4) is 11.5 Å². The Hall–Kier alpha value is -3.61. The van der Waals surface area contributed by atoms with E-state index in [-0.39, 0.29) is 5.69 Å². The van der Waals surface area contributed by atoms with E-state index in [0.717, 1.165) is 22.4 Å². The third-order valence-corrected chi connectivity index (χ3v) is 4.55. The lowest BCUT2D eigenvalue weighted by atomic mass is 10.1. The Morgan fingerprint density at radius 3 is 2.63 bits per heavy atom. The van der Waals surface area contributed by atoms with Gasteiger partial charge in [0.1, 0.15) is 18.2 Å². The van der Waals surface area contributed by atoms with E-state index in [1.165, 1.54) is 18.2 Å². The highest BCUT2D eigenvalue weighted by Crippen LogP contribution is 2.30. The van der Waals surface area contributed by atoms with Crippen LogP contribution in [0.15, 0.2) is 47.0 Å². The Labute approximate surface area is 174 Å². The topological polar surface area (TPSA) is 73.6 Å². The Morgan fingerprint density at radius 2 is 1.97 bits per heavy atom. The molecule has 7 heteroatoms. The monoisotopic (exact) mass is 410 g/mol. The first kappa shape index (κ1) is 21.1. The summed E-state index contributed by atoms with van der Waals surface area (Å²) in [5.74, 6) is 0.880. The minimum Gasteiger partial charge on any atom is -0.493 e. The summed E-state index contributed by atoms with van der Waals surface area (Å²) < 4.78 is 30.2. The first-order chi connectivity index (χ1) is 14.4. The molecule has 0 fully saturated rings. The Balaban J connectivity index is 1.67. The molecular weight excluding hydrogens is 387 g/mol. The number of hydrogen-bond donors (Lipinski definition) is 1. The second-order valence-electron chi connectivity index (χ2n) is 6.81. The predicted molar refractivity (Wildman–Crippen MR) is 112 cm³/mol. The summed E-state index contributed by atoms with van der Waals surface area (Å²) in [6.07, 6.45) is 2.94. The number of aromatic nitrogens is 1. The maximum atomic E-state index is 13.9. The van der Waals surface area contributed by atoms with Gasteiger partial charge in [0.25, 0.3) is 0 Å². The van der Waals surface area contributed by atoms with Gasteiger partial charge in [-0.3, -0.25) is 4.79 Å². The number of nitrogens with zero attached hydrogens (tertiary/aromatic N) is 1. The van der Waals surface area contributed by atoms with E-state index < -0.39 is 11.7 Å². The normalized spacial score (nSPS) is 11.0. The van der Waals surface area contributed by atoms with Crippen molar-refractivity contribution >= 4 is 17.7 Å². The van der Waals surface area contributed by atoms with Crippen LogP contribution in [0, 0.1) is 26.6 Å². The van der Waals surface area contributed by atoms with Gasteiger partial charge < -0.3 is 19.3 Å². The second-order valence-corrected chi connectivity index (χ2v) is 6.81. The molecule has 0 radical (unpaired) electrons. The number of benzene rings is 2. The first-order valence-corrected chi connectivity index (χ1v) is 9.35. The number of hydrogen-bond acceptors (Lipinski definition) is 5. The van der Waals surface area contributed by atoms with Crippen LogP contribution >= 0.6 is 0 Å². The van der Waals surface area contributed by atoms with E-state index in [4.69, 9.17) is 14.0 Å². The molecule has 3 rings (SSSR count). The minimum atomic E-state index is -0.474. The Morgan fingerprint density at radius 1 is 1.17 bits per heavy atom. The molecule has 1 aromatic heterocycles. The quantitative estimate of drug-likeness (QED) is 0.556. The molecule has 0 saturated carbocycles. The van der Waals surface area contributed by atoms with Gasteiger partial charge in [-0.25, -0.2) is 4.39 Å². The predicted octanol–water partition coefficient (Wildman–Crippen LogP) is 4.98. The second kappa shape index (κ2) is 9.26. The number of anilines is 1. The fourth-order valence-corrected chi connectivity index (χ4v) is 2.83. The molecule has 0 unspecified atom stereocenters. The average molecular weight is 410 g/mol. The highest BCUT2D eigenvalue weighted by molar-refractivity contribution is 6.02. The van der Waals surface area contributed by atoms with Crippen LogP contribution in [0.5, 0.6) is 11.5 Å². The largest absolute Gasteiger partial charge is 0.493 e. The zero-order chi connectivity index (χ0) is 21.7. The van der Waals surface area contributed by atoms with Gasteiger partial charge in [-0.05, 0) is 62.2 Å². The number of amides is 1. The molecule has 0 bridgehead atoms. The molecule has 156 valence electrons. The molecule has 6 nitrogen and oxygen atoms in total. The molecule has 2 aromatic carbocycles. The smallest absolute Gasteiger partial charge is 0.248 e. The minimum absolute atomic E-state index is 0.135. The van der Waals surface area contributed by atoms with Crippen molar-refractivity contribution in [2.24, 2.45) is 0 Å². The molecule has 0 aliphatic carbocycles. The van der Waals surface area contributed by atoms with Gasteiger partial charge in [0.05, 0.1) is 24.1 Å². The van der Waals surface area contributed by atoms with Crippen LogP contribution in [-0.4, -0.2) is 18.2 Å². The van der Waals surface area contributed by atoms with Crippen LogP contribution in [0.25, 0.3) is 6.08 Å². The average Bonchev–Trinajstić information content (AvgIpc) is 3.04. The van der Waals surface area contributed by atoms with Crippen molar-refractivity contribution in [1.82, 2.24) is 5.16 Å². The molecular formula is C23H23FN2O4. The molecule has 30 heavy (non-hydrogen) atoms. The van der Waals surface area contributed by atoms with Crippen LogP contribution in [0.2, 0.25) is 0 Å². The van der Waals surface area contributed by atoms with E-state index in [0.29, 0.717) is 23.9 Å². The van der Waals surface area contributed by atoms with Gasteiger partial charge in [0, 0.05) is 6.08 Å². The lowest BCUT2D eigenvalue weighted by molar-refractivity contribution is -0.111. The van der Waals surface area contributed by atoms with E-state index in [1.54, 1.807) is 44.4 Å². The molecule has 0 aliphatic rings. The van der Waals surface area contributed by atoms with Crippen molar-refractivity contribution in [3.63, 3.8) is 0 Å². The number of halogens is 1. The Kier molecular flexibility index (Phi) is 6.51. The highest BCUT2D eigenvalue weighted by Gasteiger charge is 2.12. The van der Waals surface area contributed by atoms with Gasteiger partial charge in [0.15, 0.2) is 11.5 Å². The number of methoxy groups -OCH3 is 1. The number of carbonyl (C=O) groups is 1. The molecule has 1 amide bonds. The maximum Gasteiger partial charge on any atom is 0.248 e. The van der Waals surface area contributed by atoms with Gasteiger partial charge >= 0.3 is 0 Å². The Bertz CT molecular complexity index is 1070. The molecule has 1 N–H and O–H groups in total. The number of ether oxygens (including phenoxy) is 2. The third kappa shape index (κ3) is 5.05. The maximum absolute atomic E-state index is 13.9. The third-order valence-electron chi connectivity index (χ3n) is 4.55. The summed E-state index contributed by atoms with van der Waals surface area (Å²) in [6.45, 7) is 5.77. The van der Waals surface area contributed by atoms with Crippen molar-refractivity contribution in [3.05, 3.63) is 76.4 Å². The van der Waals surface area contributed by atoms with Gasteiger partial charge in [-0.15, -0.1) is 0 Å². The molecule has 3 aromatic rings. The van der Waals surface area contributed by atoms with Crippen molar-refractivity contribution in [2.45, 2.75) is 27.4 Å². The van der Waals surface area contributed by atoms with Crippen LogP contribution in [0.3, 0.4) is 0 Å².